The Bertz CT molecular complexity index is 391. The Hall–Kier alpha value is -1.77. The molecular formula is C9H13F3N4O2. The number of aromatic nitrogens is 2. The highest BCUT2D eigenvalue weighted by atomic mass is 19.4. The number of nitrogens with one attached hydrogen (secondary N) is 1. The maximum absolute atomic E-state index is 11.7. The Morgan fingerprint density at radius 1 is 1.56 bits per heavy atom. The molecule has 0 saturated carbocycles. The van der Waals surface area contributed by atoms with E-state index in [-0.39, 0.29) is 25.6 Å². The van der Waals surface area contributed by atoms with E-state index in [0.717, 1.165) is 0 Å². The number of ether oxygens (including phenoxy) is 1. The van der Waals surface area contributed by atoms with E-state index in [9.17, 15) is 18.0 Å². The van der Waals surface area contributed by atoms with E-state index in [0.29, 0.717) is 5.69 Å². The van der Waals surface area contributed by atoms with Gasteiger partial charge in [-0.1, -0.05) is 0 Å². The number of rotatable bonds is 6. The van der Waals surface area contributed by atoms with Crippen LogP contribution in [0.2, 0.25) is 0 Å². The summed E-state index contributed by atoms with van der Waals surface area (Å²) in [5.41, 5.74) is 5.82. The van der Waals surface area contributed by atoms with Gasteiger partial charge in [-0.2, -0.15) is 18.3 Å². The van der Waals surface area contributed by atoms with Crippen LogP contribution in [-0.2, 0) is 16.1 Å². The third-order valence-corrected chi connectivity index (χ3v) is 1.79. The molecule has 1 aromatic heterocycles. The summed E-state index contributed by atoms with van der Waals surface area (Å²) in [4.78, 5) is 11.3. The summed E-state index contributed by atoms with van der Waals surface area (Å²) in [6, 6.07) is 0. The molecular weight excluding hydrogens is 253 g/mol. The standard InChI is InChI=1S/C9H13F3N4O2/c10-9(11,12)6-18-2-1-14-8(17)5-16-4-7(13)3-15-16/h3-4H,1-2,5-6,13H2,(H,14,17). The van der Waals surface area contributed by atoms with Crippen molar-refractivity contribution >= 4 is 11.6 Å². The minimum atomic E-state index is -4.35. The molecule has 6 nitrogen and oxygen atoms in total. The van der Waals surface area contributed by atoms with Crippen molar-refractivity contribution in [3.8, 4) is 0 Å². The molecule has 0 unspecified atom stereocenters. The molecule has 18 heavy (non-hydrogen) atoms. The number of amides is 1. The topological polar surface area (TPSA) is 82.2 Å². The Labute approximate surface area is 101 Å². The van der Waals surface area contributed by atoms with Gasteiger partial charge in [-0.15, -0.1) is 0 Å². The van der Waals surface area contributed by atoms with Crippen LogP contribution in [-0.4, -0.2) is 41.6 Å². The number of carbonyl (C=O) groups excluding carboxylic acids is 1. The summed E-state index contributed by atoms with van der Waals surface area (Å²) in [6.07, 6.45) is -1.49. The van der Waals surface area contributed by atoms with E-state index in [1.165, 1.54) is 17.1 Å². The molecule has 0 fully saturated rings. The van der Waals surface area contributed by atoms with Gasteiger partial charge in [-0.25, -0.2) is 0 Å². The van der Waals surface area contributed by atoms with Crippen molar-refractivity contribution in [2.24, 2.45) is 0 Å². The quantitative estimate of drug-likeness (QED) is 0.719. The lowest BCUT2D eigenvalue weighted by atomic mass is 10.5. The predicted molar refractivity (Wildman–Crippen MR) is 56.5 cm³/mol. The second-order valence-electron chi connectivity index (χ2n) is 3.49. The smallest absolute Gasteiger partial charge is 0.396 e. The van der Waals surface area contributed by atoms with Crippen molar-refractivity contribution in [3.05, 3.63) is 12.4 Å². The molecule has 9 heteroatoms. The van der Waals surface area contributed by atoms with E-state index in [4.69, 9.17) is 5.73 Å². The maximum Gasteiger partial charge on any atom is 0.411 e. The number of hydrogen-bond acceptors (Lipinski definition) is 4. The van der Waals surface area contributed by atoms with E-state index in [1.807, 2.05) is 0 Å². The van der Waals surface area contributed by atoms with Gasteiger partial charge in [0.15, 0.2) is 0 Å². The molecule has 0 aliphatic rings. The number of anilines is 1. The highest BCUT2D eigenvalue weighted by Gasteiger charge is 2.27. The zero-order chi connectivity index (χ0) is 13.6. The Balaban J connectivity index is 2.11. The van der Waals surface area contributed by atoms with Crippen LogP contribution in [0.3, 0.4) is 0 Å². The third-order valence-electron chi connectivity index (χ3n) is 1.79. The van der Waals surface area contributed by atoms with E-state index < -0.39 is 12.8 Å². The van der Waals surface area contributed by atoms with Crippen molar-refractivity contribution in [3.63, 3.8) is 0 Å². The van der Waals surface area contributed by atoms with Crippen molar-refractivity contribution in [1.82, 2.24) is 15.1 Å². The zero-order valence-electron chi connectivity index (χ0n) is 9.41. The molecule has 0 atom stereocenters. The van der Waals surface area contributed by atoms with Gasteiger partial charge in [0, 0.05) is 12.7 Å². The monoisotopic (exact) mass is 266 g/mol. The number of nitrogens with zero attached hydrogens (tertiary/aromatic N) is 2. The summed E-state index contributed by atoms with van der Waals surface area (Å²) >= 11 is 0. The first kappa shape index (κ1) is 14.3. The van der Waals surface area contributed by atoms with Gasteiger partial charge in [0.25, 0.3) is 0 Å². The second kappa shape index (κ2) is 6.24. The fourth-order valence-corrected chi connectivity index (χ4v) is 1.12. The molecule has 0 spiro atoms. The van der Waals surface area contributed by atoms with Gasteiger partial charge in [0.05, 0.1) is 18.5 Å². The maximum atomic E-state index is 11.7. The lowest BCUT2D eigenvalue weighted by Crippen LogP contribution is -2.31. The van der Waals surface area contributed by atoms with Gasteiger partial charge in [0.1, 0.15) is 13.2 Å². The van der Waals surface area contributed by atoms with Crippen LogP contribution < -0.4 is 11.1 Å². The molecule has 1 heterocycles. The highest BCUT2D eigenvalue weighted by molar-refractivity contribution is 5.75. The lowest BCUT2D eigenvalue weighted by molar-refractivity contribution is -0.173. The zero-order valence-corrected chi connectivity index (χ0v) is 9.41. The average Bonchev–Trinajstić information content (AvgIpc) is 2.61. The van der Waals surface area contributed by atoms with E-state index >= 15 is 0 Å². The normalized spacial score (nSPS) is 11.5. The van der Waals surface area contributed by atoms with Crippen molar-refractivity contribution < 1.29 is 22.7 Å². The number of halogens is 3. The van der Waals surface area contributed by atoms with E-state index in [1.54, 1.807) is 0 Å². The van der Waals surface area contributed by atoms with Crippen molar-refractivity contribution in [2.75, 3.05) is 25.5 Å². The molecule has 102 valence electrons. The first-order chi connectivity index (χ1) is 8.37. The number of hydrogen-bond donors (Lipinski definition) is 2. The van der Waals surface area contributed by atoms with Crippen LogP contribution in [0.15, 0.2) is 12.4 Å². The Kier molecular flexibility index (Phi) is 4.95. The van der Waals surface area contributed by atoms with Crippen LogP contribution in [0.1, 0.15) is 0 Å². The highest BCUT2D eigenvalue weighted by Crippen LogP contribution is 2.13. The minimum Gasteiger partial charge on any atom is -0.396 e. The van der Waals surface area contributed by atoms with Crippen LogP contribution in [0, 0.1) is 0 Å². The average molecular weight is 266 g/mol. The van der Waals surface area contributed by atoms with Gasteiger partial charge in [0.2, 0.25) is 5.91 Å². The van der Waals surface area contributed by atoms with Crippen LogP contribution >= 0.6 is 0 Å². The fraction of sp³-hybridized carbons (Fsp3) is 0.556. The fourth-order valence-electron chi connectivity index (χ4n) is 1.12. The molecule has 0 aliphatic carbocycles. The molecule has 3 N–H and O–H groups in total. The molecule has 1 amide bonds. The Morgan fingerprint density at radius 3 is 2.83 bits per heavy atom. The molecule has 0 radical (unpaired) electrons. The van der Waals surface area contributed by atoms with Gasteiger partial charge in [-0.3, -0.25) is 9.48 Å². The number of alkyl halides is 3. The first-order valence-corrected chi connectivity index (χ1v) is 5.06. The minimum absolute atomic E-state index is 0.00562. The van der Waals surface area contributed by atoms with Crippen molar-refractivity contribution in [1.29, 1.82) is 0 Å². The van der Waals surface area contributed by atoms with Gasteiger partial charge in [-0.05, 0) is 0 Å². The third kappa shape index (κ3) is 6.09. The van der Waals surface area contributed by atoms with Crippen LogP contribution in [0.4, 0.5) is 18.9 Å². The summed E-state index contributed by atoms with van der Waals surface area (Å²) in [5.74, 6) is -0.381. The van der Waals surface area contributed by atoms with Gasteiger partial charge >= 0.3 is 6.18 Å². The molecule has 1 rings (SSSR count). The van der Waals surface area contributed by atoms with Gasteiger partial charge < -0.3 is 15.8 Å². The number of nitrogens with two attached hydrogens (primary N) is 1. The summed E-state index contributed by atoms with van der Waals surface area (Å²) in [5, 5.41) is 6.18. The molecule has 0 bridgehead atoms. The molecule has 0 saturated heterocycles. The molecule has 0 aromatic carbocycles. The first-order valence-electron chi connectivity index (χ1n) is 5.06. The van der Waals surface area contributed by atoms with E-state index in [2.05, 4.69) is 15.2 Å². The predicted octanol–water partition coefficient (Wildman–Crippen LogP) is 0.160. The number of nitrogen functional groups attached to an aromatic ring is 1. The summed E-state index contributed by atoms with van der Waals surface area (Å²) < 4.78 is 40.7. The second-order valence-corrected chi connectivity index (χ2v) is 3.49. The summed E-state index contributed by atoms with van der Waals surface area (Å²) in [6.45, 7) is -1.56. The van der Waals surface area contributed by atoms with Crippen LogP contribution in [0.25, 0.3) is 0 Å². The summed E-state index contributed by atoms with van der Waals surface area (Å²) in [7, 11) is 0. The largest absolute Gasteiger partial charge is 0.411 e. The van der Waals surface area contributed by atoms with Crippen molar-refractivity contribution in [2.45, 2.75) is 12.7 Å². The lowest BCUT2D eigenvalue weighted by Gasteiger charge is -2.08. The van der Waals surface area contributed by atoms with Crippen LogP contribution in [0.5, 0.6) is 0 Å². The molecule has 0 aliphatic heterocycles. The number of carbonyl (C=O) groups is 1. The SMILES string of the molecule is Nc1cnn(CC(=O)NCCOCC(F)(F)F)c1. The molecule has 1 aromatic rings. The Morgan fingerprint density at radius 2 is 2.28 bits per heavy atom.